The summed E-state index contributed by atoms with van der Waals surface area (Å²) in [4.78, 5) is 0. The lowest BCUT2D eigenvalue weighted by Gasteiger charge is -2.06. The molecule has 2 N–H and O–H groups in total. The minimum atomic E-state index is -3.39. The zero-order valence-corrected chi connectivity index (χ0v) is 10.2. The van der Waals surface area contributed by atoms with E-state index in [0.29, 0.717) is 12.1 Å². The van der Waals surface area contributed by atoms with E-state index in [-0.39, 0.29) is 12.3 Å². The Hall–Kier alpha value is -1.05. The maximum Gasteiger partial charge on any atom is 0.213 e. The zero-order chi connectivity index (χ0) is 12.9. The van der Waals surface area contributed by atoms with Gasteiger partial charge in [0.15, 0.2) is 11.6 Å². The van der Waals surface area contributed by atoms with Gasteiger partial charge in [-0.2, -0.15) is 0 Å². The Morgan fingerprint density at radius 2 is 1.94 bits per heavy atom. The van der Waals surface area contributed by atoms with Crippen LogP contribution in [0.5, 0.6) is 0 Å². The normalized spacial score (nSPS) is 11.7. The van der Waals surface area contributed by atoms with Gasteiger partial charge in [-0.3, -0.25) is 0 Å². The first-order chi connectivity index (χ1) is 7.94. The summed E-state index contributed by atoms with van der Waals surface area (Å²) in [6, 6.07) is 3.27. The van der Waals surface area contributed by atoms with E-state index in [4.69, 9.17) is 0 Å². The van der Waals surface area contributed by atoms with Crippen molar-refractivity contribution in [3.05, 3.63) is 35.4 Å². The quantitative estimate of drug-likeness (QED) is 0.791. The van der Waals surface area contributed by atoms with E-state index in [1.807, 2.05) is 0 Å². The molecule has 0 heterocycles. The van der Waals surface area contributed by atoms with Gasteiger partial charge in [0.05, 0.1) is 5.75 Å². The molecule has 0 aliphatic rings. The van der Waals surface area contributed by atoms with Gasteiger partial charge >= 0.3 is 0 Å². The molecule has 4 nitrogen and oxygen atoms in total. The molecular formula is C10H14F2N2O2S. The van der Waals surface area contributed by atoms with Crippen LogP contribution >= 0.6 is 0 Å². The minimum Gasteiger partial charge on any atom is -0.319 e. The largest absolute Gasteiger partial charge is 0.319 e. The second kappa shape index (κ2) is 6.04. The Bertz CT molecular complexity index is 477. The van der Waals surface area contributed by atoms with Crippen molar-refractivity contribution in [3.8, 4) is 0 Å². The molecule has 7 heteroatoms. The number of hydrogen-bond donors (Lipinski definition) is 2. The van der Waals surface area contributed by atoms with Crippen molar-refractivity contribution < 1.29 is 17.2 Å². The lowest BCUT2D eigenvalue weighted by atomic mass is 10.2. The summed E-state index contributed by atoms with van der Waals surface area (Å²) in [5.41, 5.74) is 0.372. The summed E-state index contributed by atoms with van der Waals surface area (Å²) in [6.45, 7) is 0.274. The van der Waals surface area contributed by atoms with Crippen molar-refractivity contribution in [3.63, 3.8) is 0 Å². The van der Waals surface area contributed by atoms with Crippen LogP contribution in [0.3, 0.4) is 0 Å². The van der Waals surface area contributed by atoms with Crippen molar-refractivity contribution in [1.29, 1.82) is 0 Å². The third kappa shape index (κ3) is 4.76. The lowest BCUT2D eigenvalue weighted by Crippen LogP contribution is -2.30. The van der Waals surface area contributed by atoms with E-state index in [1.54, 1.807) is 7.05 Å². The van der Waals surface area contributed by atoms with Crippen molar-refractivity contribution in [2.24, 2.45) is 0 Å². The van der Waals surface area contributed by atoms with Gasteiger partial charge in [0.25, 0.3) is 0 Å². The van der Waals surface area contributed by atoms with E-state index in [1.165, 1.54) is 6.07 Å². The van der Waals surface area contributed by atoms with Gasteiger partial charge in [-0.1, -0.05) is 6.07 Å². The van der Waals surface area contributed by atoms with Crippen molar-refractivity contribution >= 4 is 10.0 Å². The maximum absolute atomic E-state index is 12.8. The van der Waals surface area contributed by atoms with E-state index in [0.717, 1.165) is 12.1 Å². The number of rotatable bonds is 6. The molecule has 17 heavy (non-hydrogen) atoms. The monoisotopic (exact) mass is 264 g/mol. The van der Waals surface area contributed by atoms with Gasteiger partial charge in [-0.25, -0.2) is 21.9 Å². The highest BCUT2D eigenvalue weighted by molar-refractivity contribution is 7.89. The molecule has 0 unspecified atom stereocenters. The minimum absolute atomic E-state index is 0.0523. The number of halogens is 2. The van der Waals surface area contributed by atoms with Crippen molar-refractivity contribution in [1.82, 2.24) is 10.0 Å². The molecule has 1 aromatic carbocycles. The topological polar surface area (TPSA) is 58.2 Å². The molecule has 0 atom stereocenters. The van der Waals surface area contributed by atoms with Gasteiger partial charge in [0.2, 0.25) is 10.0 Å². The maximum atomic E-state index is 12.8. The number of sulfonamides is 1. The van der Waals surface area contributed by atoms with E-state index in [9.17, 15) is 17.2 Å². The van der Waals surface area contributed by atoms with Crippen LogP contribution in [0.4, 0.5) is 8.78 Å². The molecule has 0 aliphatic carbocycles. The molecule has 0 spiro atoms. The first-order valence-corrected chi connectivity index (χ1v) is 6.66. The second-order valence-corrected chi connectivity index (χ2v) is 5.42. The first-order valence-electron chi connectivity index (χ1n) is 5.00. The van der Waals surface area contributed by atoms with Crippen LogP contribution in [-0.4, -0.2) is 27.8 Å². The number of hydrogen-bond acceptors (Lipinski definition) is 3. The fraction of sp³-hybridized carbons (Fsp3) is 0.400. The molecule has 0 aromatic heterocycles. The highest BCUT2D eigenvalue weighted by atomic mass is 32.2. The predicted molar refractivity (Wildman–Crippen MR) is 60.9 cm³/mol. The van der Waals surface area contributed by atoms with Crippen LogP contribution in [0.15, 0.2) is 18.2 Å². The highest BCUT2D eigenvalue weighted by Crippen LogP contribution is 2.08. The van der Waals surface area contributed by atoms with E-state index < -0.39 is 21.7 Å². The summed E-state index contributed by atoms with van der Waals surface area (Å²) in [7, 11) is -1.75. The molecule has 0 amide bonds. The van der Waals surface area contributed by atoms with Crippen molar-refractivity contribution in [2.75, 3.05) is 19.3 Å². The van der Waals surface area contributed by atoms with Gasteiger partial charge in [0, 0.05) is 13.1 Å². The van der Waals surface area contributed by atoms with Crippen LogP contribution in [-0.2, 0) is 16.6 Å². The molecule has 0 radical (unpaired) electrons. The summed E-state index contributed by atoms with van der Waals surface area (Å²) in [5.74, 6) is -2.00. The molecule has 0 bridgehead atoms. The van der Waals surface area contributed by atoms with Crippen molar-refractivity contribution in [2.45, 2.75) is 6.54 Å². The van der Waals surface area contributed by atoms with E-state index in [2.05, 4.69) is 10.0 Å². The summed E-state index contributed by atoms with van der Waals surface area (Å²) >= 11 is 0. The summed E-state index contributed by atoms with van der Waals surface area (Å²) in [5, 5.41) is 2.71. The predicted octanol–water partition coefficient (Wildman–Crippen LogP) is 0.604. The Labute approximate surface area is 99.1 Å². The van der Waals surface area contributed by atoms with Gasteiger partial charge < -0.3 is 5.32 Å². The third-order valence-corrected chi connectivity index (χ3v) is 3.43. The smallest absolute Gasteiger partial charge is 0.213 e. The Morgan fingerprint density at radius 3 is 2.53 bits per heavy atom. The third-order valence-electron chi connectivity index (χ3n) is 2.10. The average Bonchev–Trinajstić information content (AvgIpc) is 2.28. The standard InChI is InChI=1S/C10H14F2N2O2S/c1-13-4-5-17(15,16)14-7-8-2-3-9(11)10(12)6-8/h2-3,6,13-14H,4-5,7H2,1H3. The van der Waals surface area contributed by atoms with Crippen LogP contribution < -0.4 is 10.0 Å². The molecule has 0 aliphatic heterocycles. The molecular weight excluding hydrogens is 250 g/mol. The molecule has 1 aromatic rings. The molecule has 0 saturated carbocycles. The van der Waals surface area contributed by atoms with Gasteiger partial charge in [-0.05, 0) is 24.7 Å². The Morgan fingerprint density at radius 1 is 1.24 bits per heavy atom. The van der Waals surface area contributed by atoms with Gasteiger partial charge in [-0.15, -0.1) is 0 Å². The molecule has 96 valence electrons. The molecule has 1 rings (SSSR count). The van der Waals surface area contributed by atoms with Crippen LogP contribution in [0.25, 0.3) is 0 Å². The van der Waals surface area contributed by atoms with E-state index >= 15 is 0 Å². The Kier molecular flexibility index (Phi) is 4.98. The molecule has 0 fully saturated rings. The summed E-state index contributed by atoms with van der Waals surface area (Å²) in [6.07, 6.45) is 0. The Balaban J connectivity index is 2.58. The van der Waals surface area contributed by atoms with Crippen LogP contribution in [0.1, 0.15) is 5.56 Å². The SMILES string of the molecule is CNCCS(=O)(=O)NCc1ccc(F)c(F)c1. The highest BCUT2D eigenvalue weighted by Gasteiger charge is 2.09. The second-order valence-electron chi connectivity index (χ2n) is 3.49. The van der Waals surface area contributed by atoms with Gasteiger partial charge in [0.1, 0.15) is 0 Å². The first kappa shape index (κ1) is 14.0. The fourth-order valence-electron chi connectivity index (χ4n) is 1.15. The zero-order valence-electron chi connectivity index (χ0n) is 9.33. The number of nitrogens with one attached hydrogen (secondary N) is 2. The fourth-order valence-corrected chi connectivity index (χ4v) is 2.16. The summed E-state index contributed by atoms with van der Waals surface area (Å²) < 4.78 is 50.5. The lowest BCUT2D eigenvalue weighted by molar-refractivity contribution is 0.506. The molecule has 0 saturated heterocycles. The average molecular weight is 264 g/mol. The number of benzene rings is 1. The van der Waals surface area contributed by atoms with Crippen LogP contribution in [0.2, 0.25) is 0 Å². The van der Waals surface area contributed by atoms with Crippen LogP contribution in [0, 0.1) is 11.6 Å².